The monoisotopic (exact) mass is 314 g/mol. The summed E-state index contributed by atoms with van der Waals surface area (Å²) in [7, 11) is 1.99. The highest BCUT2D eigenvalue weighted by Crippen LogP contribution is 2.29. The van der Waals surface area contributed by atoms with Crippen molar-refractivity contribution in [1.82, 2.24) is 4.90 Å². The van der Waals surface area contributed by atoms with Crippen LogP contribution in [0.5, 0.6) is 0 Å². The lowest BCUT2D eigenvalue weighted by Crippen LogP contribution is -2.44. The molecule has 102 valence electrons. The van der Waals surface area contributed by atoms with E-state index in [1.165, 1.54) is 0 Å². The van der Waals surface area contributed by atoms with E-state index in [1.807, 2.05) is 46.0 Å². The molecule has 0 bridgehead atoms. The van der Waals surface area contributed by atoms with Crippen LogP contribution in [0, 0.1) is 0 Å². The van der Waals surface area contributed by atoms with Gasteiger partial charge in [-0.1, -0.05) is 34.1 Å². The maximum atomic E-state index is 9.94. The highest BCUT2D eigenvalue weighted by Gasteiger charge is 2.26. The number of likely N-dealkylation sites (N-methyl/N-ethyl adjacent to an activating group) is 1. The molecule has 0 spiro atoms. The number of nitrogens with two attached hydrogens (primary N) is 1. The zero-order valence-corrected chi connectivity index (χ0v) is 13.1. The molecule has 0 aliphatic carbocycles. The number of benzene rings is 1. The Morgan fingerprint density at radius 2 is 1.94 bits per heavy atom. The molecular formula is C14H23BrN2O. The first kappa shape index (κ1) is 15.6. The molecule has 1 rings (SSSR count). The fourth-order valence-electron chi connectivity index (χ4n) is 2.35. The number of hydrogen-bond donors (Lipinski definition) is 2. The Morgan fingerprint density at radius 3 is 2.39 bits per heavy atom. The molecule has 3 N–H and O–H groups in total. The fraction of sp³-hybridized carbons (Fsp3) is 0.571. The van der Waals surface area contributed by atoms with Gasteiger partial charge in [0.25, 0.3) is 0 Å². The molecule has 0 saturated heterocycles. The van der Waals surface area contributed by atoms with E-state index in [4.69, 9.17) is 5.73 Å². The Hall–Kier alpha value is -0.420. The van der Waals surface area contributed by atoms with E-state index in [1.54, 1.807) is 0 Å². The molecule has 2 unspecified atom stereocenters. The highest BCUT2D eigenvalue weighted by molar-refractivity contribution is 9.10. The van der Waals surface area contributed by atoms with Gasteiger partial charge in [-0.05, 0) is 39.4 Å². The van der Waals surface area contributed by atoms with Crippen molar-refractivity contribution in [3.8, 4) is 0 Å². The summed E-state index contributed by atoms with van der Waals surface area (Å²) in [6.07, 6.45) is 0. The molecule has 0 aliphatic rings. The fourth-order valence-corrected chi connectivity index (χ4v) is 2.87. The first-order valence-corrected chi connectivity index (χ1v) is 6.94. The second kappa shape index (κ2) is 6.15. The summed E-state index contributed by atoms with van der Waals surface area (Å²) in [4.78, 5) is 2.10. The standard InChI is InChI=1S/C14H23BrN2O/c1-10(16)13(17(4)9-14(2,3)18)11-7-5-6-8-12(11)15/h5-8,10,13,18H,9,16H2,1-4H3. The van der Waals surface area contributed by atoms with Gasteiger partial charge in [-0.25, -0.2) is 0 Å². The molecule has 0 saturated carbocycles. The minimum absolute atomic E-state index is 0.0175. The van der Waals surface area contributed by atoms with Gasteiger partial charge in [0.15, 0.2) is 0 Å². The van der Waals surface area contributed by atoms with Crippen molar-refractivity contribution in [1.29, 1.82) is 0 Å². The molecule has 0 fully saturated rings. The predicted molar refractivity (Wildman–Crippen MR) is 79.5 cm³/mol. The average molecular weight is 315 g/mol. The summed E-state index contributed by atoms with van der Waals surface area (Å²) >= 11 is 3.57. The van der Waals surface area contributed by atoms with Gasteiger partial charge in [-0.2, -0.15) is 0 Å². The number of halogens is 1. The lowest BCUT2D eigenvalue weighted by atomic mass is 9.98. The first-order valence-electron chi connectivity index (χ1n) is 6.15. The SMILES string of the molecule is CC(N)C(c1ccccc1Br)N(C)CC(C)(C)O. The van der Waals surface area contributed by atoms with Crippen LogP contribution in [0.2, 0.25) is 0 Å². The van der Waals surface area contributed by atoms with Crippen LogP contribution in [0.15, 0.2) is 28.7 Å². The van der Waals surface area contributed by atoms with Crippen molar-refractivity contribution in [3.05, 3.63) is 34.3 Å². The van der Waals surface area contributed by atoms with Crippen LogP contribution >= 0.6 is 15.9 Å². The summed E-state index contributed by atoms with van der Waals surface area (Å²) in [5.74, 6) is 0. The van der Waals surface area contributed by atoms with Crippen molar-refractivity contribution in [2.75, 3.05) is 13.6 Å². The molecule has 1 aromatic carbocycles. The Bertz CT molecular complexity index is 388. The minimum Gasteiger partial charge on any atom is -0.389 e. The smallest absolute Gasteiger partial charge is 0.0718 e. The van der Waals surface area contributed by atoms with Gasteiger partial charge < -0.3 is 10.8 Å². The summed E-state index contributed by atoms with van der Waals surface area (Å²) < 4.78 is 1.05. The molecule has 18 heavy (non-hydrogen) atoms. The van der Waals surface area contributed by atoms with E-state index in [2.05, 4.69) is 26.9 Å². The third-order valence-corrected chi connectivity index (χ3v) is 3.56. The van der Waals surface area contributed by atoms with Crippen LogP contribution in [0.25, 0.3) is 0 Å². The second-order valence-electron chi connectivity index (χ2n) is 5.55. The Labute approximate surface area is 118 Å². The Morgan fingerprint density at radius 1 is 1.39 bits per heavy atom. The highest BCUT2D eigenvalue weighted by atomic mass is 79.9. The van der Waals surface area contributed by atoms with E-state index in [0.717, 1.165) is 10.0 Å². The summed E-state index contributed by atoms with van der Waals surface area (Å²) in [5.41, 5.74) is 6.53. The maximum absolute atomic E-state index is 9.94. The third kappa shape index (κ3) is 4.35. The Kier molecular flexibility index (Phi) is 5.34. The average Bonchev–Trinajstić information content (AvgIpc) is 2.17. The van der Waals surface area contributed by atoms with E-state index in [-0.39, 0.29) is 12.1 Å². The van der Waals surface area contributed by atoms with E-state index < -0.39 is 5.60 Å². The molecule has 0 aliphatic heterocycles. The van der Waals surface area contributed by atoms with Gasteiger partial charge in [0.05, 0.1) is 11.6 Å². The van der Waals surface area contributed by atoms with Crippen LogP contribution in [0.1, 0.15) is 32.4 Å². The zero-order valence-electron chi connectivity index (χ0n) is 11.5. The van der Waals surface area contributed by atoms with Gasteiger partial charge in [0.2, 0.25) is 0 Å². The summed E-state index contributed by atoms with van der Waals surface area (Å²) in [5, 5.41) is 9.94. The predicted octanol–water partition coefficient (Wildman–Crippen LogP) is 2.54. The summed E-state index contributed by atoms with van der Waals surface area (Å²) in [6, 6.07) is 8.14. The second-order valence-corrected chi connectivity index (χ2v) is 6.41. The topological polar surface area (TPSA) is 49.5 Å². The first-order chi connectivity index (χ1) is 8.22. The summed E-state index contributed by atoms with van der Waals surface area (Å²) in [6.45, 7) is 6.18. The molecular weight excluding hydrogens is 292 g/mol. The van der Waals surface area contributed by atoms with Crippen LogP contribution in [0.3, 0.4) is 0 Å². The number of nitrogens with zero attached hydrogens (tertiary/aromatic N) is 1. The largest absolute Gasteiger partial charge is 0.389 e. The van der Waals surface area contributed by atoms with Gasteiger partial charge in [0, 0.05) is 17.1 Å². The van der Waals surface area contributed by atoms with E-state index >= 15 is 0 Å². The van der Waals surface area contributed by atoms with Crippen LogP contribution in [0.4, 0.5) is 0 Å². The molecule has 0 radical (unpaired) electrons. The molecule has 0 heterocycles. The number of hydrogen-bond acceptors (Lipinski definition) is 3. The van der Waals surface area contributed by atoms with Crippen molar-refractivity contribution in [3.63, 3.8) is 0 Å². The lowest BCUT2D eigenvalue weighted by Gasteiger charge is -2.35. The minimum atomic E-state index is -0.733. The van der Waals surface area contributed by atoms with Crippen molar-refractivity contribution in [2.45, 2.75) is 38.5 Å². The van der Waals surface area contributed by atoms with Crippen LogP contribution < -0.4 is 5.73 Å². The van der Waals surface area contributed by atoms with Gasteiger partial charge in [-0.3, -0.25) is 4.90 Å². The van der Waals surface area contributed by atoms with Crippen LogP contribution in [-0.2, 0) is 0 Å². The number of rotatable bonds is 5. The maximum Gasteiger partial charge on any atom is 0.0718 e. The number of aliphatic hydroxyl groups is 1. The molecule has 4 heteroatoms. The van der Waals surface area contributed by atoms with E-state index in [9.17, 15) is 5.11 Å². The van der Waals surface area contributed by atoms with Gasteiger partial charge >= 0.3 is 0 Å². The molecule has 0 amide bonds. The van der Waals surface area contributed by atoms with Gasteiger partial charge in [-0.15, -0.1) is 0 Å². The molecule has 3 nitrogen and oxygen atoms in total. The normalized spacial score (nSPS) is 15.8. The zero-order chi connectivity index (χ0) is 13.9. The van der Waals surface area contributed by atoms with Crippen LogP contribution in [-0.4, -0.2) is 35.2 Å². The molecule has 0 aromatic heterocycles. The molecule has 2 atom stereocenters. The van der Waals surface area contributed by atoms with Gasteiger partial charge in [0.1, 0.15) is 0 Å². The van der Waals surface area contributed by atoms with Crippen molar-refractivity contribution < 1.29 is 5.11 Å². The van der Waals surface area contributed by atoms with Crippen molar-refractivity contribution >= 4 is 15.9 Å². The van der Waals surface area contributed by atoms with E-state index in [0.29, 0.717) is 6.54 Å². The quantitative estimate of drug-likeness (QED) is 0.878. The lowest BCUT2D eigenvalue weighted by molar-refractivity contribution is 0.0277. The Balaban J connectivity index is 3.00. The third-order valence-electron chi connectivity index (χ3n) is 2.83. The molecule has 1 aromatic rings. The van der Waals surface area contributed by atoms with Crippen molar-refractivity contribution in [2.24, 2.45) is 5.73 Å².